The molecule has 0 amide bonds. The lowest BCUT2D eigenvalue weighted by Gasteiger charge is -2.06. The fraction of sp³-hybridized carbons (Fsp3) is 0.0714. The molecule has 18 heavy (non-hydrogen) atoms. The van der Waals surface area contributed by atoms with E-state index in [2.05, 4.69) is 32.2 Å². The molecule has 0 radical (unpaired) electrons. The fourth-order valence-corrected chi connectivity index (χ4v) is 2.25. The standard InChI is InChI=1S/C14H11BrN2O/c15-12-3-1-2-10(6-12)9-18-13-5-4-11-8-16-17-14(11)7-13/h1-8H,9H2,(H,16,17). The van der Waals surface area contributed by atoms with Crippen molar-refractivity contribution in [3.63, 3.8) is 0 Å². The summed E-state index contributed by atoms with van der Waals surface area (Å²) in [5, 5.41) is 8.00. The van der Waals surface area contributed by atoms with Crippen LogP contribution in [0.2, 0.25) is 0 Å². The number of halogens is 1. The van der Waals surface area contributed by atoms with E-state index < -0.39 is 0 Å². The Morgan fingerprint density at radius 3 is 3.00 bits per heavy atom. The molecular weight excluding hydrogens is 292 g/mol. The van der Waals surface area contributed by atoms with Crippen molar-refractivity contribution in [3.8, 4) is 5.75 Å². The lowest BCUT2D eigenvalue weighted by molar-refractivity contribution is 0.306. The summed E-state index contributed by atoms with van der Waals surface area (Å²) in [7, 11) is 0. The lowest BCUT2D eigenvalue weighted by atomic mass is 10.2. The van der Waals surface area contributed by atoms with Gasteiger partial charge in [-0.05, 0) is 29.8 Å². The summed E-state index contributed by atoms with van der Waals surface area (Å²) >= 11 is 3.45. The lowest BCUT2D eigenvalue weighted by Crippen LogP contribution is -1.95. The number of aromatic amines is 1. The largest absolute Gasteiger partial charge is 0.489 e. The molecule has 0 fully saturated rings. The molecule has 0 spiro atoms. The number of fused-ring (bicyclic) bond motifs is 1. The van der Waals surface area contributed by atoms with E-state index in [-0.39, 0.29) is 0 Å². The molecule has 0 unspecified atom stereocenters. The van der Waals surface area contributed by atoms with E-state index in [0.29, 0.717) is 6.61 Å². The van der Waals surface area contributed by atoms with Gasteiger partial charge in [0.1, 0.15) is 12.4 Å². The zero-order chi connectivity index (χ0) is 12.4. The van der Waals surface area contributed by atoms with Gasteiger partial charge >= 0.3 is 0 Å². The highest BCUT2D eigenvalue weighted by molar-refractivity contribution is 9.10. The number of ether oxygens (including phenoxy) is 1. The Morgan fingerprint density at radius 2 is 2.11 bits per heavy atom. The van der Waals surface area contributed by atoms with Gasteiger partial charge in [0.05, 0.1) is 11.7 Å². The highest BCUT2D eigenvalue weighted by atomic mass is 79.9. The van der Waals surface area contributed by atoms with E-state index in [1.165, 1.54) is 0 Å². The van der Waals surface area contributed by atoms with Crippen LogP contribution in [0.3, 0.4) is 0 Å². The maximum Gasteiger partial charge on any atom is 0.121 e. The SMILES string of the molecule is Brc1cccc(COc2ccc3cn[nH]c3c2)c1. The second-order valence-corrected chi connectivity index (χ2v) is 4.95. The summed E-state index contributed by atoms with van der Waals surface area (Å²) in [6.07, 6.45) is 1.80. The monoisotopic (exact) mass is 302 g/mol. The molecule has 90 valence electrons. The average Bonchev–Trinajstić information content (AvgIpc) is 2.84. The molecule has 0 bridgehead atoms. The highest BCUT2D eigenvalue weighted by Crippen LogP contribution is 2.20. The van der Waals surface area contributed by atoms with Crippen LogP contribution in [0.15, 0.2) is 53.1 Å². The van der Waals surface area contributed by atoms with Crippen molar-refractivity contribution >= 4 is 26.8 Å². The Kier molecular flexibility index (Phi) is 3.02. The Morgan fingerprint density at radius 1 is 1.17 bits per heavy atom. The van der Waals surface area contributed by atoms with Crippen LogP contribution in [-0.4, -0.2) is 10.2 Å². The van der Waals surface area contributed by atoms with E-state index in [0.717, 1.165) is 26.7 Å². The van der Waals surface area contributed by atoms with Crippen molar-refractivity contribution in [2.24, 2.45) is 0 Å². The minimum absolute atomic E-state index is 0.555. The van der Waals surface area contributed by atoms with E-state index in [1.807, 2.05) is 36.4 Å². The third kappa shape index (κ3) is 2.38. The summed E-state index contributed by atoms with van der Waals surface area (Å²) in [5.41, 5.74) is 2.12. The maximum atomic E-state index is 5.76. The van der Waals surface area contributed by atoms with Gasteiger partial charge in [0.25, 0.3) is 0 Å². The van der Waals surface area contributed by atoms with Gasteiger partial charge in [0, 0.05) is 15.9 Å². The quantitative estimate of drug-likeness (QED) is 0.796. The fourth-order valence-electron chi connectivity index (χ4n) is 1.80. The van der Waals surface area contributed by atoms with E-state index >= 15 is 0 Å². The van der Waals surface area contributed by atoms with Crippen LogP contribution in [0.25, 0.3) is 10.9 Å². The first-order chi connectivity index (χ1) is 8.81. The molecule has 1 N–H and O–H groups in total. The molecule has 3 rings (SSSR count). The van der Waals surface area contributed by atoms with Gasteiger partial charge in [0.15, 0.2) is 0 Å². The second kappa shape index (κ2) is 4.82. The van der Waals surface area contributed by atoms with Crippen molar-refractivity contribution in [2.45, 2.75) is 6.61 Å². The number of H-pyrrole nitrogens is 1. The number of rotatable bonds is 3. The molecular formula is C14H11BrN2O. The van der Waals surface area contributed by atoms with Crippen molar-refractivity contribution in [1.29, 1.82) is 0 Å². The van der Waals surface area contributed by atoms with Crippen LogP contribution in [0.1, 0.15) is 5.56 Å². The molecule has 1 aromatic heterocycles. The average molecular weight is 303 g/mol. The summed E-state index contributed by atoms with van der Waals surface area (Å²) in [5.74, 6) is 0.840. The number of hydrogen-bond acceptors (Lipinski definition) is 2. The van der Waals surface area contributed by atoms with Gasteiger partial charge in [-0.3, -0.25) is 5.10 Å². The Bertz CT molecular complexity index is 678. The Hall–Kier alpha value is -1.81. The van der Waals surface area contributed by atoms with E-state index in [4.69, 9.17) is 4.74 Å². The molecule has 3 nitrogen and oxygen atoms in total. The van der Waals surface area contributed by atoms with Crippen LogP contribution in [0.4, 0.5) is 0 Å². The van der Waals surface area contributed by atoms with Crippen molar-refractivity contribution < 1.29 is 4.74 Å². The van der Waals surface area contributed by atoms with Crippen LogP contribution in [0.5, 0.6) is 5.75 Å². The zero-order valence-electron chi connectivity index (χ0n) is 9.56. The van der Waals surface area contributed by atoms with Crippen LogP contribution < -0.4 is 4.74 Å². The molecule has 0 aliphatic carbocycles. The molecule has 2 aromatic carbocycles. The normalized spacial score (nSPS) is 10.7. The van der Waals surface area contributed by atoms with Gasteiger partial charge in [-0.25, -0.2) is 0 Å². The Balaban J connectivity index is 1.76. The van der Waals surface area contributed by atoms with E-state index in [1.54, 1.807) is 6.20 Å². The van der Waals surface area contributed by atoms with Gasteiger partial charge < -0.3 is 4.74 Å². The second-order valence-electron chi connectivity index (χ2n) is 4.04. The van der Waals surface area contributed by atoms with E-state index in [9.17, 15) is 0 Å². The zero-order valence-corrected chi connectivity index (χ0v) is 11.1. The number of aromatic nitrogens is 2. The number of hydrogen-bond donors (Lipinski definition) is 1. The first kappa shape index (κ1) is 11.3. The van der Waals surface area contributed by atoms with Crippen LogP contribution in [0, 0.1) is 0 Å². The summed E-state index contributed by atoms with van der Waals surface area (Å²) in [6, 6.07) is 14.0. The molecule has 3 aromatic rings. The minimum Gasteiger partial charge on any atom is -0.489 e. The number of benzene rings is 2. The van der Waals surface area contributed by atoms with Crippen LogP contribution >= 0.6 is 15.9 Å². The third-order valence-electron chi connectivity index (χ3n) is 2.71. The summed E-state index contributed by atoms with van der Waals surface area (Å²) < 4.78 is 6.82. The summed E-state index contributed by atoms with van der Waals surface area (Å²) in [6.45, 7) is 0.555. The highest BCUT2D eigenvalue weighted by Gasteiger charge is 2.00. The predicted octanol–water partition coefficient (Wildman–Crippen LogP) is 3.90. The predicted molar refractivity (Wildman–Crippen MR) is 74.6 cm³/mol. The molecule has 4 heteroatoms. The molecule has 0 saturated carbocycles. The maximum absolute atomic E-state index is 5.76. The smallest absolute Gasteiger partial charge is 0.121 e. The molecule has 1 heterocycles. The summed E-state index contributed by atoms with van der Waals surface area (Å²) in [4.78, 5) is 0. The minimum atomic E-state index is 0.555. The van der Waals surface area contributed by atoms with Crippen molar-refractivity contribution in [1.82, 2.24) is 10.2 Å². The number of nitrogens with one attached hydrogen (secondary N) is 1. The topological polar surface area (TPSA) is 37.9 Å². The van der Waals surface area contributed by atoms with Gasteiger partial charge in [0.2, 0.25) is 0 Å². The molecule has 0 saturated heterocycles. The van der Waals surface area contributed by atoms with Crippen LogP contribution in [-0.2, 0) is 6.61 Å². The van der Waals surface area contributed by atoms with Crippen molar-refractivity contribution in [3.05, 3.63) is 58.7 Å². The number of nitrogens with zero attached hydrogens (tertiary/aromatic N) is 1. The Labute approximate surface area is 113 Å². The molecule has 0 aliphatic rings. The van der Waals surface area contributed by atoms with Gasteiger partial charge in [-0.15, -0.1) is 0 Å². The first-order valence-corrected chi connectivity index (χ1v) is 6.41. The third-order valence-corrected chi connectivity index (χ3v) is 3.20. The van der Waals surface area contributed by atoms with Crippen molar-refractivity contribution in [2.75, 3.05) is 0 Å². The van der Waals surface area contributed by atoms with Gasteiger partial charge in [-0.2, -0.15) is 5.10 Å². The first-order valence-electron chi connectivity index (χ1n) is 5.62. The van der Waals surface area contributed by atoms with Gasteiger partial charge in [-0.1, -0.05) is 28.1 Å². The molecule has 0 aliphatic heterocycles. The molecule has 0 atom stereocenters.